The van der Waals surface area contributed by atoms with E-state index in [0.29, 0.717) is 24.8 Å². The van der Waals surface area contributed by atoms with Crippen LogP contribution in [-0.4, -0.2) is 47.8 Å². The summed E-state index contributed by atoms with van der Waals surface area (Å²) < 4.78 is 0. The van der Waals surface area contributed by atoms with Gasteiger partial charge in [0, 0.05) is 32.6 Å². The van der Waals surface area contributed by atoms with Crippen molar-refractivity contribution in [1.29, 1.82) is 0 Å². The summed E-state index contributed by atoms with van der Waals surface area (Å²) in [6.07, 6.45) is 2.50. The maximum atomic E-state index is 12.7. The fourth-order valence-corrected chi connectivity index (χ4v) is 2.90. The van der Waals surface area contributed by atoms with Gasteiger partial charge in [0.05, 0.1) is 5.92 Å². The summed E-state index contributed by atoms with van der Waals surface area (Å²) in [5.41, 5.74) is 0. The molecule has 1 atom stereocenters. The van der Waals surface area contributed by atoms with Crippen LogP contribution in [0.3, 0.4) is 0 Å². The molecule has 1 rings (SSSR count). The van der Waals surface area contributed by atoms with Gasteiger partial charge in [-0.05, 0) is 18.3 Å². The largest absolute Gasteiger partial charge is 0.342 e. The quantitative estimate of drug-likeness (QED) is 0.691. The number of unbranched alkanes of at least 4 members (excludes halogenated alkanes) is 1. The first kappa shape index (κ1) is 18.0. The maximum Gasteiger partial charge on any atom is 0.228 e. The van der Waals surface area contributed by atoms with Gasteiger partial charge in [0.1, 0.15) is 0 Å². The Kier molecular flexibility index (Phi) is 7.20. The summed E-state index contributed by atoms with van der Waals surface area (Å²) in [6, 6.07) is 0. The fraction of sp³-hybridized carbons (Fsp3) is 0.882. The van der Waals surface area contributed by atoms with Gasteiger partial charge in [-0.3, -0.25) is 9.59 Å². The van der Waals surface area contributed by atoms with E-state index in [-0.39, 0.29) is 17.7 Å². The molecule has 0 N–H and O–H groups in total. The van der Waals surface area contributed by atoms with Crippen molar-refractivity contribution in [3.05, 3.63) is 0 Å². The van der Waals surface area contributed by atoms with Gasteiger partial charge in [0.15, 0.2) is 0 Å². The number of nitrogens with zero attached hydrogens (tertiary/aromatic N) is 2. The van der Waals surface area contributed by atoms with E-state index in [2.05, 4.69) is 34.6 Å². The molecule has 0 aromatic carbocycles. The molecule has 0 radical (unpaired) electrons. The molecule has 1 aliphatic rings. The highest BCUT2D eigenvalue weighted by Crippen LogP contribution is 2.21. The lowest BCUT2D eigenvalue weighted by atomic mass is 10.0. The Morgan fingerprint density at radius 1 is 1.24 bits per heavy atom. The van der Waals surface area contributed by atoms with E-state index in [4.69, 9.17) is 0 Å². The maximum absolute atomic E-state index is 12.7. The molecule has 0 aliphatic carbocycles. The van der Waals surface area contributed by atoms with E-state index in [0.717, 1.165) is 32.5 Å². The molecule has 0 aromatic heterocycles. The second-order valence-electron chi connectivity index (χ2n) is 7.13. The molecule has 0 aromatic rings. The van der Waals surface area contributed by atoms with Crippen LogP contribution in [0.2, 0.25) is 0 Å². The molecule has 4 nitrogen and oxygen atoms in total. The Balaban J connectivity index is 2.64. The summed E-state index contributed by atoms with van der Waals surface area (Å²) in [4.78, 5) is 28.6. The zero-order valence-corrected chi connectivity index (χ0v) is 14.4. The van der Waals surface area contributed by atoms with Crippen molar-refractivity contribution in [1.82, 2.24) is 9.80 Å². The second kappa shape index (κ2) is 8.40. The number of carbonyl (C=O) groups excluding carboxylic acids is 2. The topological polar surface area (TPSA) is 40.6 Å². The molecular weight excluding hydrogens is 264 g/mol. The van der Waals surface area contributed by atoms with Gasteiger partial charge in [-0.15, -0.1) is 0 Å². The van der Waals surface area contributed by atoms with Crippen molar-refractivity contribution >= 4 is 11.8 Å². The van der Waals surface area contributed by atoms with E-state index >= 15 is 0 Å². The minimum Gasteiger partial charge on any atom is -0.342 e. The zero-order chi connectivity index (χ0) is 16.0. The number of likely N-dealkylation sites (tertiary alicyclic amines) is 1. The van der Waals surface area contributed by atoms with Gasteiger partial charge in [-0.25, -0.2) is 0 Å². The number of hydrogen-bond acceptors (Lipinski definition) is 2. The first-order valence-electron chi connectivity index (χ1n) is 8.41. The zero-order valence-electron chi connectivity index (χ0n) is 14.4. The predicted octanol–water partition coefficient (Wildman–Crippen LogP) is 2.78. The molecule has 0 saturated carbocycles. The average molecular weight is 296 g/mol. The lowest BCUT2D eigenvalue weighted by molar-refractivity contribution is -0.136. The normalized spacial score (nSPS) is 18.9. The number of rotatable bonds is 8. The van der Waals surface area contributed by atoms with Crippen LogP contribution in [0, 0.1) is 17.8 Å². The van der Waals surface area contributed by atoms with Crippen LogP contribution < -0.4 is 0 Å². The van der Waals surface area contributed by atoms with E-state index in [1.807, 2.05) is 9.80 Å². The summed E-state index contributed by atoms with van der Waals surface area (Å²) in [7, 11) is 0. The molecule has 1 fully saturated rings. The molecule has 1 aliphatic heterocycles. The molecule has 0 unspecified atom stereocenters. The monoisotopic (exact) mass is 296 g/mol. The molecular formula is C17H32N2O2. The third-order valence-corrected chi connectivity index (χ3v) is 3.83. The van der Waals surface area contributed by atoms with Crippen LogP contribution in [0.5, 0.6) is 0 Å². The Labute approximate surface area is 129 Å². The van der Waals surface area contributed by atoms with Gasteiger partial charge >= 0.3 is 0 Å². The first-order chi connectivity index (χ1) is 9.85. The molecule has 21 heavy (non-hydrogen) atoms. The van der Waals surface area contributed by atoms with Crippen molar-refractivity contribution in [3.63, 3.8) is 0 Å². The Bertz CT molecular complexity index is 343. The van der Waals surface area contributed by atoms with E-state index in [9.17, 15) is 9.59 Å². The Hall–Kier alpha value is -1.06. The number of hydrogen-bond donors (Lipinski definition) is 0. The van der Waals surface area contributed by atoms with E-state index in [1.165, 1.54) is 0 Å². The lowest BCUT2D eigenvalue weighted by Gasteiger charge is -2.28. The molecule has 1 saturated heterocycles. The molecule has 4 heteroatoms. The van der Waals surface area contributed by atoms with Crippen LogP contribution in [0.25, 0.3) is 0 Å². The van der Waals surface area contributed by atoms with Gasteiger partial charge in [-0.2, -0.15) is 0 Å². The SMILES string of the molecule is CCCCN1C[C@@H](C(=O)N(CC(C)C)CC(C)C)CC1=O. The molecule has 0 spiro atoms. The van der Waals surface area contributed by atoms with Crippen LogP contribution in [0.4, 0.5) is 0 Å². The van der Waals surface area contributed by atoms with Gasteiger partial charge in [0.25, 0.3) is 0 Å². The third-order valence-electron chi connectivity index (χ3n) is 3.83. The lowest BCUT2D eigenvalue weighted by Crippen LogP contribution is -2.41. The first-order valence-corrected chi connectivity index (χ1v) is 8.41. The highest BCUT2D eigenvalue weighted by atomic mass is 16.2. The Morgan fingerprint density at radius 2 is 1.81 bits per heavy atom. The summed E-state index contributed by atoms with van der Waals surface area (Å²) in [6.45, 7) is 13.6. The minimum absolute atomic E-state index is 0.133. The van der Waals surface area contributed by atoms with Crippen LogP contribution in [0.15, 0.2) is 0 Å². The van der Waals surface area contributed by atoms with Crippen molar-refractivity contribution in [2.75, 3.05) is 26.2 Å². The minimum atomic E-state index is -0.133. The van der Waals surface area contributed by atoms with Crippen molar-refractivity contribution in [2.24, 2.45) is 17.8 Å². The van der Waals surface area contributed by atoms with E-state index < -0.39 is 0 Å². The van der Waals surface area contributed by atoms with Gasteiger partial charge < -0.3 is 9.80 Å². The summed E-state index contributed by atoms with van der Waals surface area (Å²) >= 11 is 0. The summed E-state index contributed by atoms with van der Waals surface area (Å²) in [5.74, 6) is 1.11. The molecule has 1 heterocycles. The van der Waals surface area contributed by atoms with Crippen LogP contribution in [-0.2, 0) is 9.59 Å². The molecule has 0 bridgehead atoms. The van der Waals surface area contributed by atoms with Gasteiger partial charge in [0.2, 0.25) is 11.8 Å². The molecule has 2 amide bonds. The molecule has 122 valence electrons. The highest BCUT2D eigenvalue weighted by Gasteiger charge is 2.36. The summed E-state index contributed by atoms with van der Waals surface area (Å²) in [5, 5.41) is 0. The van der Waals surface area contributed by atoms with Crippen LogP contribution >= 0.6 is 0 Å². The second-order valence-corrected chi connectivity index (χ2v) is 7.13. The highest BCUT2D eigenvalue weighted by molar-refractivity contribution is 5.89. The van der Waals surface area contributed by atoms with Crippen LogP contribution in [0.1, 0.15) is 53.9 Å². The number of carbonyl (C=O) groups is 2. The Morgan fingerprint density at radius 3 is 2.29 bits per heavy atom. The standard InChI is InChI=1S/C17H32N2O2/c1-6-7-8-18-12-15(9-16(18)20)17(21)19(10-13(2)3)11-14(4)5/h13-15H,6-12H2,1-5H3/t15-/m0/s1. The van der Waals surface area contributed by atoms with Crippen molar-refractivity contribution in [3.8, 4) is 0 Å². The average Bonchev–Trinajstić information content (AvgIpc) is 2.75. The predicted molar refractivity (Wildman–Crippen MR) is 85.9 cm³/mol. The smallest absolute Gasteiger partial charge is 0.228 e. The van der Waals surface area contributed by atoms with Crippen molar-refractivity contribution < 1.29 is 9.59 Å². The van der Waals surface area contributed by atoms with E-state index in [1.54, 1.807) is 0 Å². The number of amides is 2. The van der Waals surface area contributed by atoms with Gasteiger partial charge in [-0.1, -0.05) is 41.0 Å². The third kappa shape index (κ3) is 5.68. The van der Waals surface area contributed by atoms with Crippen molar-refractivity contribution in [2.45, 2.75) is 53.9 Å². The fourth-order valence-electron chi connectivity index (χ4n) is 2.90.